The van der Waals surface area contributed by atoms with Gasteiger partial charge in [0, 0.05) is 59.8 Å². The summed E-state index contributed by atoms with van der Waals surface area (Å²) >= 11 is 0. The molecule has 2 aliphatic heterocycles. The van der Waals surface area contributed by atoms with Crippen molar-refractivity contribution in [1.29, 1.82) is 0 Å². The molecule has 10 nitrogen and oxygen atoms in total. The van der Waals surface area contributed by atoms with Crippen molar-refractivity contribution >= 4 is 17.7 Å². The van der Waals surface area contributed by atoms with Gasteiger partial charge in [-0.1, -0.05) is 0 Å². The fraction of sp³-hybridized carbons (Fsp3) is 0.857. The first-order chi connectivity index (χ1) is 14.8. The number of ether oxygens (including phenoxy) is 2. The summed E-state index contributed by atoms with van der Waals surface area (Å²) < 4.78 is 10.8. The number of hydrogen-bond donors (Lipinski definition) is 2. The van der Waals surface area contributed by atoms with Crippen LogP contribution in [0.25, 0.3) is 0 Å². The van der Waals surface area contributed by atoms with Crippen LogP contribution in [0.3, 0.4) is 0 Å². The second-order valence-electron chi connectivity index (χ2n) is 8.23. The molecule has 0 aliphatic carbocycles. The molecule has 0 spiro atoms. The average molecular weight is 444 g/mol. The number of carbonyl (C=O) groups is 3. The largest absolute Gasteiger partial charge is 0.388 e. The van der Waals surface area contributed by atoms with Crippen LogP contribution in [0.4, 0.5) is 0 Å². The highest BCUT2D eigenvalue weighted by Crippen LogP contribution is 2.12. The van der Waals surface area contributed by atoms with E-state index in [0.29, 0.717) is 52.0 Å². The third-order valence-corrected chi connectivity index (χ3v) is 5.89. The lowest BCUT2D eigenvalue weighted by Crippen LogP contribution is -2.48. The number of aliphatic hydroxyl groups is 2. The van der Waals surface area contributed by atoms with E-state index < -0.39 is 18.3 Å². The number of rotatable bonds is 3. The Hall–Kier alpha value is -1.75. The van der Waals surface area contributed by atoms with Crippen molar-refractivity contribution in [1.82, 2.24) is 14.7 Å². The van der Waals surface area contributed by atoms with E-state index in [9.17, 15) is 24.6 Å². The van der Waals surface area contributed by atoms with E-state index in [0.717, 1.165) is 12.8 Å². The van der Waals surface area contributed by atoms with Gasteiger partial charge in [-0.15, -0.1) is 0 Å². The van der Waals surface area contributed by atoms with Gasteiger partial charge in [0.15, 0.2) is 0 Å². The second kappa shape index (κ2) is 12.9. The van der Waals surface area contributed by atoms with Crippen LogP contribution >= 0.6 is 0 Å². The number of methoxy groups -OCH3 is 1. The minimum absolute atomic E-state index is 0.0190. The molecule has 2 rings (SSSR count). The van der Waals surface area contributed by atoms with Gasteiger partial charge in [-0.05, 0) is 25.7 Å². The number of aliphatic hydroxyl groups excluding tert-OH is 2. The smallest absolute Gasteiger partial charge is 0.242 e. The van der Waals surface area contributed by atoms with E-state index in [1.807, 2.05) is 0 Å². The van der Waals surface area contributed by atoms with Crippen LogP contribution in [0.2, 0.25) is 0 Å². The summed E-state index contributed by atoms with van der Waals surface area (Å²) in [5.41, 5.74) is 0. The lowest BCUT2D eigenvalue weighted by molar-refractivity contribution is -0.138. The molecular formula is C21H37N3O7. The zero-order chi connectivity index (χ0) is 22.8. The van der Waals surface area contributed by atoms with E-state index in [4.69, 9.17) is 9.47 Å². The van der Waals surface area contributed by atoms with Gasteiger partial charge in [-0.25, -0.2) is 0 Å². The van der Waals surface area contributed by atoms with Crippen molar-refractivity contribution in [3.8, 4) is 0 Å². The highest BCUT2D eigenvalue weighted by Gasteiger charge is 2.30. The second-order valence-corrected chi connectivity index (χ2v) is 8.23. The summed E-state index contributed by atoms with van der Waals surface area (Å²) in [5.74, 6) is -0.245. The van der Waals surface area contributed by atoms with E-state index in [-0.39, 0.29) is 37.4 Å². The molecule has 0 saturated carbocycles. The molecule has 0 bridgehead atoms. The molecule has 10 heteroatoms. The predicted molar refractivity (Wildman–Crippen MR) is 112 cm³/mol. The van der Waals surface area contributed by atoms with Crippen LogP contribution in [-0.2, 0) is 23.9 Å². The third kappa shape index (κ3) is 8.03. The fourth-order valence-electron chi connectivity index (χ4n) is 3.92. The Morgan fingerprint density at radius 1 is 1.06 bits per heavy atom. The summed E-state index contributed by atoms with van der Waals surface area (Å²) in [7, 11) is 1.42. The quantitative estimate of drug-likeness (QED) is 0.587. The standard InChI is InChI=1S/C21H37N3O7/c1-16(25)23-11-6-10-22(20(28)14-24-9-5-7-19(24)27)8-3-4-12-31-15-17(26)21(29)18(13-23)30-2/h17-18,21,26,29H,3-15H2,1-2H3/t17-,18-,21-/m0/s1. The van der Waals surface area contributed by atoms with Crippen LogP contribution in [0.15, 0.2) is 0 Å². The Bertz CT molecular complexity index is 604. The topological polar surface area (TPSA) is 120 Å². The van der Waals surface area contributed by atoms with Crippen LogP contribution in [0.1, 0.15) is 39.0 Å². The zero-order valence-electron chi connectivity index (χ0n) is 18.7. The van der Waals surface area contributed by atoms with Crippen LogP contribution in [-0.4, -0.2) is 121 Å². The molecule has 0 aromatic rings. The van der Waals surface area contributed by atoms with Crippen molar-refractivity contribution in [2.45, 2.75) is 57.3 Å². The summed E-state index contributed by atoms with van der Waals surface area (Å²) in [6.45, 7) is 4.03. The fourth-order valence-corrected chi connectivity index (χ4v) is 3.92. The molecular weight excluding hydrogens is 406 g/mol. The van der Waals surface area contributed by atoms with Gasteiger partial charge in [-0.2, -0.15) is 0 Å². The number of carbonyl (C=O) groups excluding carboxylic acids is 3. The molecule has 2 aliphatic rings. The Labute approximate surface area is 184 Å². The number of likely N-dealkylation sites (tertiary alicyclic amines) is 1. The highest BCUT2D eigenvalue weighted by molar-refractivity contribution is 5.85. The first-order valence-electron chi connectivity index (χ1n) is 11.1. The lowest BCUT2D eigenvalue weighted by Gasteiger charge is -2.31. The van der Waals surface area contributed by atoms with E-state index in [1.54, 1.807) is 14.7 Å². The molecule has 2 N–H and O–H groups in total. The SMILES string of the molecule is CO[C@H]1CN(C(C)=O)CCCN(C(=O)CN2CCCC2=O)CCCCOC[C@H](O)[C@@H]1O. The molecule has 2 fully saturated rings. The van der Waals surface area contributed by atoms with Crippen molar-refractivity contribution in [2.24, 2.45) is 0 Å². The normalized spacial score (nSPS) is 27.7. The summed E-state index contributed by atoms with van der Waals surface area (Å²) in [6.07, 6.45) is 0.189. The van der Waals surface area contributed by atoms with Crippen LogP contribution in [0, 0.1) is 0 Å². The molecule has 0 aromatic carbocycles. The van der Waals surface area contributed by atoms with Crippen molar-refractivity contribution < 1.29 is 34.1 Å². The lowest BCUT2D eigenvalue weighted by atomic mass is 10.1. The van der Waals surface area contributed by atoms with Gasteiger partial charge in [-0.3, -0.25) is 14.4 Å². The molecule has 0 aromatic heterocycles. The first kappa shape index (κ1) is 25.5. The Kier molecular flexibility index (Phi) is 10.7. The average Bonchev–Trinajstić information content (AvgIpc) is 3.13. The Morgan fingerprint density at radius 2 is 1.77 bits per heavy atom. The molecule has 2 heterocycles. The highest BCUT2D eigenvalue weighted by atomic mass is 16.5. The number of hydrogen-bond acceptors (Lipinski definition) is 7. The number of nitrogens with zero attached hydrogens (tertiary/aromatic N) is 3. The van der Waals surface area contributed by atoms with Gasteiger partial charge < -0.3 is 34.4 Å². The molecule has 2 saturated heterocycles. The van der Waals surface area contributed by atoms with Gasteiger partial charge in [0.2, 0.25) is 17.7 Å². The van der Waals surface area contributed by atoms with Crippen molar-refractivity contribution in [3.05, 3.63) is 0 Å². The Morgan fingerprint density at radius 3 is 2.42 bits per heavy atom. The maximum Gasteiger partial charge on any atom is 0.242 e. The van der Waals surface area contributed by atoms with E-state index >= 15 is 0 Å². The molecule has 3 atom stereocenters. The van der Waals surface area contributed by atoms with Crippen molar-refractivity contribution in [2.75, 3.05) is 59.6 Å². The van der Waals surface area contributed by atoms with Gasteiger partial charge in [0.05, 0.1) is 13.2 Å². The minimum atomic E-state index is -1.19. The number of amides is 3. The maximum atomic E-state index is 12.8. The Balaban J connectivity index is 2.04. The van der Waals surface area contributed by atoms with Crippen LogP contribution < -0.4 is 0 Å². The summed E-state index contributed by atoms with van der Waals surface area (Å²) in [6, 6.07) is 0. The maximum absolute atomic E-state index is 12.8. The van der Waals surface area contributed by atoms with Gasteiger partial charge in [0.1, 0.15) is 18.3 Å². The van der Waals surface area contributed by atoms with Crippen molar-refractivity contribution in [3.63, 3.8) is 0 Å². The molecule has 31 heavy (non-hydrogen) atoms. The monoisotopic (exact) mass is 443 g/mol. The minimum Gasteiger partial charge on any atom is -0.388 e. The van der Waals surface area contributed by atoms with Crippen LogP contribution in [0.5, 0.6) is 0 Å². The first-order valence-corrected chi connectivity index (χ1v) is 11.1. The summed E-state index contributed by atoms with van der Waals surface area (Å²) in [5, 5.41) is 20.6. The molecule has 0 radical (unpaired) electrons. The molecule has 0 unspecified atom stereocenters. The molecule has 178 valence electrons. The van der Waals surface area contributed by atoms with Gasteiger partial charge in [0.25, 0.3) is 0 Å². The summed E-state index contributed by atoms with van der Waals surface area (Å²) in [4.78, 5) is 41.7. The van der Waals surface area contributed by atoms with Gasteiger partial charge >= 0.3 is 0 Å². The zero-order valence-corrected chi connectivity index (χ0v) is 18.7. The molecule has 3 amide bonds. The third-order valence-electron chi connectivity index (χ3n) is 5.89. The van der Waals surface area contributed by atoms with E-state index in [2.05, 4.69) is 0 Å². The van der Waals surface area contributed by atoms with E-state index in [1.165, 1.54) is 14.0 Å². The predicted octanol–water partition coefficient (Wildman–Crippen LogP) is -0.777.